The molecule has 1 atom stereocenters. The number of anilines is 4. The van der Waals surface area contributed by atoms with Gasteiger partial charge < -0.3 is 14.7 Å². The van der Waals surface area contributed by atoms with Crippen molar-refractivity contribution in [2.45, 2.75) is 19.4 Å². The van der Waals surface area contributed by atoms with Crippen molar-refractivity contribution in [3.63, 3.8) is 0 Å². The summed E-state index contributed by atoms with van der Waals surface area (Å²) in [5, 5.41) is 0. The summed E-state index contributed by atoms with van der Waals surface area (Å²) in [6.45, 7) is 5.90. The number of fused-ring (bicyclic) bond motifs is 1. The summed E-state index contributed by atoms with van der Waals surface area (Å²) < 4.78 is 0. The van der Waals surface area contributed by atoms with Gasteiger partial charge in [-0.25, -0.2) is 9.97 Å². The molecule has 2 aliphatic rings. The molecule has 1 aromatic carbocycles. The van der Waals surface area contributed by atoms with Crippen LogP contribution in [-0.4, -0.2) is 47.2 Å². The first-order chi connectivity index (χ1) is 13.8. The van der Waals surface area contributed by atoms with Gasteiger partial charge >= 0.3 is 0 Å². The van der Waals surface area contributed by atoms with Gasteiger partial charge in [-0.1, -0.05) is 24.3 Å². The lowest BCUT2D eigenvalue weighted by Crippen LogP contribution is -2.47. The Balaban J connectivity index is 1.35. The van der Waals surface area contributed by atoms with Gasteiger partial charge in [-0.3, -0.25) is 0 Å². The first-order valence-corrected chi connectivity index (χ1v) is 9.91. The summed E-state index contributed by atoms with van der Waals surface area (Å²) in [5.41, 5.74) is 2.65. The van der Waals surface area contributed by atoms with Gasteiger partial charge in [0, 0.05) is 50.3 Å². The van der Waals surface area contributed by atoms with Gasteiger partial charge in [0.05, 0.1) is 0 Å². The second-order valence-electron chi connectivity index (χ2n) is 7.43. The molecule has 1 saturated heterocycles. The van der Waals surface area contributed by atoms with Crippen LogP contribution in [0.4, 0.5) is 23.3 Å². The van der Waals surface area contributed by atoms with Crippen molar-refractivity contribution in [2.75, 3.05) is 40.9 Å². The molecule has 5 rings (SSSR count). The van der Waals surface area contributed by atoms with Crippen LogP contribution in [0.2, 0.25) is 0 Å². The number of hydrogen-bond donors (Lipinski definition) is 0. The lowest BCUT2D eigenvalue weighted by molar-refractivity contribution is 0.633. The minimum Gasteiger partial charge on any atom is -0.353 e. The minimum atomic E-state index is 0.404. The molecule has 0 N–H and O–H groups in total. The van der Waals surface area contributed by atoms with Crippen molar-refractivity contribution >= 4 is 23.3 Å². The number of rotatable bonds is 3. The van der Waals surface area contributed by atoms with Crippen LogP contribution in [-0.2, 0) is 6.42 Å². The molecule has 0 amide bonds. The molecular formula is C22H24N6. The molecule has 0 aliphatic carbocycles. The van der Waals surface area contributed by atoms with Crippen molar-refractivity contribution in [1.82, 2.24) is 15.0 Å². The second kappa shape index (κ2) is 7.11. The summed E-state index contributed by atoms with van der Waals surface area (Å²) in [6, 6.07) is 17.1. The molecule has 0 spiro atoms. The monoisotopic (exact) mass is 372 g/mol. The van der Waals surface area contributed by atoms with Crippen molar-refractivity contribution < 1.29 is 0 Å². The SMILES string of the molecule is CC1Cc2ccccc2N1c1ccnc(N2CCN(c3ccccn3)CC2)n1. The van der Waals surface area contributed by atoms with Crippen molar-refractivity contribution in [1.29, 1.82) is 0 Å². The fourth-order valence-electron chi connectivity index (χ4n) is 4.22. The number of benzene rings is 1. The lowest BCUT2D eigenvalue weighted by Gasteiger charge is -2.35. The normalized spacial score (nSPS) is 19.0. The predicted molar refractivity (Wildman–Crippen MR) is 112 cm³/mol. The zero-order valence-corrected chi connectivity index (χ0v) is 16.1. The number of piperazine rings is 1. The maximum Gasteiger partial charge on any atom is 0.227 e. The Kier molecular flexibility index (Phi) is 4.31. The van der Waals surface area contributed by atoms with Crippen molar-refractivity contribution in [2.24, 2.45) is 0 Å². The third-order valence-electron chi connectivity index (χ3n) is 5.62. The Labute approximate surface area is 165 Å². The van der Waals surface area contributed by atoms with E-state index in [0.717, 1.165) is 50.2 Å². The Hall–Kier alpha value is -3.15. The van der Waals surface area contributed by atoms with E-state index >= 15 is 0 Å². The van der Waals surface area contributed by atoms with E-state index in [1.165, 1.54) is 11.3 Å². The molecule has 6 heteroatoms. The van der Waals surface area contributed by atoms with Gasteiger partial charge in [0.25, 0.3) is 0 Å². The molecule has 6 nitrogen and oxygen atoms in total. The number of para-hydroxylation sites is 1. The summed E-state index contributed by atoms with van der Waals surface area (Å²) in [7, 11) is 0. The quantitative estimate of drug-likeness (QED) is 0.703. The topological polar surface area (TPSA) is 48.4 Å². The van der Waals surface area contributed by atoms with Crippen LogP contribution in [0.3, 0.4) is 0 Å². The van der Waals surface area contributed by atoms with Gasteiger partial charge in [-0.2, -0.15) is 4.98 Å². The average Bonchev–Trinajstić information content (AvgIpc) is 3.10. The molecule has 0 radical (unpaired) electrons. The molecular weight excluding hydrogens is 348 g/mol. The van der Waals surface area contributed by atoms with Crippen LogP contribution in [0, 0.1) is 0 Å². The Morgan fingerprint density at radius 3 is 2.39 bits per heavy atom. The second-order valence-corrected chi connectivity index (χ2v) is 7.43. The zero-order valence-electron chi connectivity index (χ0n) is 16.1. The van der Waals surface area contributed by atoms with Crippen LogP contribution >= 0.6 is 0 Å². The highest BCUT2D eigenvalue weighted by Crippen LogP contribution is 2.37. The fraction of sp³-hybridized carbons (Fsp3) is 0.318. The number of pyridine rings is 1. The van der Waals surface area contributed by atoms with Crippen molar-refractivity contribution in [3.05, 3.63) is 66.5 Å². The first-order valence-electron chi connectivity index (χ1n) is 9.91. The van der Waals surface area contributed by atoms with Gasteiger partial charge in [0.1, 0.15) is 11.6 Å². The Morgan fingerprint density at radius 1 is 0.786 bits per heavy atom. The van der Waals surface area contributed by atoms with Crippen LogP contribution in [0.1, 0.15) is 12.5 Å². The standard InChI is InChI=1S/C22H24N6/c1-17-16-18-6-2-3-7-19(18)28(17)21-9-11-24-22(25-21)27-14-12-26(13-15-27)20-8-4-5-10-23-20/h2-11,17H,12-16H2,1H3. The van der Waals surface area contributed by atoms with Gasteiger partial charge in [0.15, 0.2) is 0 Å². The maximum absolute atomic E-state index is 4.93. The minimum absolute atomic E-state index is 0.404. The zero-order chi connectivity index (χ0) is 18.9. The molecule has 0 saturated carbocycles. The molecule has 28 heavy (non-hydrogen) atoms. The van der Waals surface area contributed by atoms with Gasteiger partial charge in [-0.15, -0.1) is 0 Å². The largest absolute Gasteiger partial charge is 0.353 e. The third kappa shape index (κ3) is 3.05. The lowest BCUT2D eigenvalue weighted by atomic mass is 10.1. The fourth-order valence-corrected chi connectivity index (χ4v) is 4.22. The van der Waals surface area contributed by atoms with Crippen LogP contribution in [0.25, 0.3) is 0 Å². The van der Waals surface area contributed by atoms with Crippen LogP contribution in [0.5, 0.6) is 0 Å². The van der Waals surface area contributed by atoms with E-state index in [2.05, 4.69) is 61.9 Å². The van der Waals surface area contributed by atoms with E-state index in [4.69, 9.17) is 4.98 Å². The third-order valence-corrected chi connectivity index (χ3v) is 5.62. The molecule has 4 heterocycles. The molecule has 2 aliphatic heterocycles. The maximum atomic E-state index is 4.93. The van der Waals surface area contributed by atoms with E-state index in [0.29, 0.717) is 6.04 Å². The van der Waals surface area contributed by atoms with Gasteiger partial charge in [0.2, 0.25) is 5.95 Å². The Morgan fingerprint density at radius 2 is 1.57 bits per heavy atom. The van der Waals surface area contributed by atoms with E-state index in [-0.39, 0.29) is 0 Å². The van der Waals surface area contributed by atoms with E-state index in [1.54, 1.807) is 0 Å². The number of hydrogen-bond acceptors (Lipinski definition) is 6. The Bertz CT molecular complexity index is 952. The number of nitrogens with zero attached hydrogens (tertiary/aromatic N) is 6. The highest BCUT2D eigenvalue weighted by molar-refractivity contribution is 5.69. The molecule has 142 valence electrons. The summed E-state index contributed by atoms with van der Waals surface area (Å²) in [6.07, 6.45) is 4.79. The molecule has 2 aromatic heterocycles. The summed E-state index contributed by atoms with van der Waals surface area (Å²) in [4.78, 5) is 20.9. The van der Waals surface area contributed by atoms with Crippen LogP contribution in [0.15, 0.2) is 60.9 Å². The number of aromatic nitrogens is 3. The van der Waals surface area contributed by atoms with Crippen LogP contribution < -0.4 is 14.7 Å². The van der Waals surface area contributed by atoms with E-state index in [9.17, 15) is 0 Å². The molecule has 1 fully saturated rings. The summed E-state index contributed by atoms with van der Waals surface area (Å²) in [5.74, 6) is 2.84. The molecule has 0 bridgehead atoms. The average molecular weight is 372 g/mol. The summed E-state index contributed by atoms with van der Waals surface area (Å²) >= 11 is 0. The first kappa shape index (κ1) is 17.0. The van der Waals surface area contributed by atoms with E-state index < -0.39 is 0 Å². The highest BCUT2D eigenvalue weighted by Gasteiger charge is 2.28. The predicted octanol–water partition coefficient (Wildman–Crippen LogP) is 3.28. The van der Waals surface area contributed by atoms with Gasteiger partial charge in [-0.05, 0) is 43.2 Å². The smallest absolute Gasteiger partial charge is 0.227 e. The molecule has 3 aromatic rings. The van der Waals surface area contributed by atoms with E-state index in [1.807, 2.05) is 30.6 Å². The highest BCUT2D eigenvalue weighted by atomic mass is 15.3. The molecule has 1 unspecified atom stereocenters. The van der Waals surface area contributed by atoms with Crippen molar-refractivity contribution in [3.8, 4) is 0 Å².